The lowest BCUT2D eigenvalue weighted by Gasteiger charge is -2.26. The van der Waals surface area contributed by atoms with Gasteiger partial charge in [0.05, 0.1) is 12.2 Å². The smallest absolute Gasteiger partial charge is 0.275 e. The molecule has 0 spiro atoms. The van der Waals surface area contributed by atoms with E-state index in [4.69, 9.17) is 9.47 Å². The summed E-state index contributed by atoms with van der Waals surface area (Å²) in [5, 5.41) is 0. The van der Waals surface area contributed by atoms with E-state index in [0.29, 0.717) is 33.4 Å². The number of methoxy groups -OCH3 is 1. The molecule has 0 unspecified atom stereocenters. The van der Waals surface area contributed by atoms with E-state index in [1.165, 1.54) is 89.9 Å². The molecule has 0 aromatic carbocycles. The maximum absolute atomic E-state index is 6.15. The van der Waals surface area contributed by atoms with Crippen molar-refractivity contribution in [2.75, 3.05) is 13.7 Å². The molecule has 3 heteroatoms. The number of rotatable bonds is 11. The summed E-state index contributed by atoms with van der Waals surface area (Å²) in [6, 6.07) is 0. The molecule has 0 bridgehead atoms. The average molecular weight is 451 g/mol. The van der Waals surface area contributed by atoms with Crippen LogP contribution in [0, 0.1) is 0 Å². The zero-order valence-electron chi connectivity index (χ0n) is 16.1. The standard InChI is InChI=1S/C21H40IO2/c1-3-4-5-6-7-8-17-24-21-15-11-19(12-16-21)22-18-9-13-20(23-2)14-10-18/h18-21H,3-17H2,1-2H3/q+1. The van der Waals surface area contributed by atoms with Gasteiger partial charge in [-0.3, -0.25) is 0 Å². The molecule has 2 aliphatic carbocycles. The SMILES string of the molecule is CCCCCCCCOC1CCC([I+]C2CCC(OC)CC2)CC1. The van der Waals surface area contributed by atoms with Gasteiger partial charge < -0.3 is 9.47 Å². The second-order valence-corrected chi connectivity index (χ2v) is 12.0. The fourth-order valence-electron chi connectivity index (χ4n) is 4.08. The van der Waals surface area contributed by atoms with Gasteiger partial charge >= 0.3 is 0 Å². The number of hydrogen-bond donors (Lipinski definition) is 0. The van der Waals surface area contributed by atoms with Crippen LogP contribution in [0.1, 0.15) is 96.8 Å². The monoisotopic (exact) mass is 451 g/mol. The van der Waals surface area contributed by atoms with Crippen molar-refractivity contribution < 1.29 is 30.7 Å². The summed E-state index contributed by atoms with van der Waals surface area (Å²) in [6.07, 6.45) is 20.5. The largest absolute Gasteiger partial charge is 0.381 e. The molecule has 2 saturated carbocycles. The first-order chi connectivity index (χ1) is 11.8. The number of alkyl halides is 2. The van der Waals surface area contributed by atoms with Crippen molar-refractivity contribution in [1.29, 1.82) is 0 Å². The minimum absolute atomic E-state index is 0.401. The number of hydrogen-bond acceptors (Lipinski definition) is 2. The van der Waals surface area contributed by atoms with Crippen molar-refractivity contribution in [3.63, 3.8) is 0 Å². The van der Waals surface area contributed by atoms with Crippen molar-refractivity contribution in [2.24, 2.45) is 0 Å². The van der Waals surface area contributed by atoms with Crippen LogP contribution < -0.4 is 21.2 Å². The first-order valence-corrected chi connectivity index (χ1v) is 13.1. The molecule has 0 aliphatic heterocycles. The van der Waals surface area contributed by atoms with Crippen LogP contribution in [0.4, 0.5) is 0 Å². The quantitative estimate of drug-likeness (QED) is 0.273. The maximum Gasteiger partial charge on any atom is 0.275 e. The molecule has 0 radical (unpaired) electrons. The van der Waals surface area contributed by atoms with Gasteiger partial charge in [-0.25, -0.2) is 0 Å². The van der Waals surface area contributed by atoms with Gasteiger partial charge in [0.15, 0.2) is 7.85 Å². The molecule has 2 rings (SSSR count). The molecular weight excluding hydrogens is 411 g/mol. The minimum Gasteiger partial charge on any atom is -0.381 e. The molecular formula is C21H40IO2+. The van der Waals surface area contributed by atoms with Gasteiger partial charge in [-0.15, -0.1) is 0 Å². The van der Waals surface area contributed by atoms with Crippen LogP contribution in [0.2, 0.25) is 0 Å². The van der Waals surface area contributed by atoms with Crippen molar-refractivity contribution in [1.82, 2.24) is 0 Å². The second-order valence-electron chi connectivity index (χ2n) is 7.75. The van der Waals surface area contributed by atoms with Crippen LogP contribution in [0.25, 0.3) is 0 Å². The predicted octanol–water partition coefficient (Wildman–Crippen LogP) is 2.72. The Morgan fingerprint density at radius 3 is 1.83 bits per heavy atom. The summed E-state index contributed by atoms with van der Waals surface area (Å²) >= 11 is 0.401. The third-order valence-electron chi connectivity index (χ3n) is 5.75. The lowest BCUT2D eigenvalue weighted by atomic mass is 9.98. The van der Waals surface area contributed by atoms with E-state index in [9.17, 15) is 0 Å². The van der Waals surface area contributed by atoms with Gasteiger partial charge in [-0.05, 0) is 57.8 Å². The van der Waals surface area contributed by atoms with Crippen LogP contribution in [0.15, 0.2) is 0 Å². The Morgan fingerprint density at radius 2 is 1.25 bits per heavy atom. The average Bonchev–Trinajstić information content (AvgIpc) is 2.63. The van der Waals surface area contributed by atoms with Crippen molar-refractivity contribution in [3.8, 4) is 0 Å². The Bertz CT molecular complexity index is 294. The van der Waals surface area contributed by atoms with Crippen molar-refractivity contribution in [2.45, 2.75) is 117 Å². The summed E-state index contributed by atoms with van der Waals surface area (Å²) < 4.78 is 13.8. The highest BCUT2D eigenvalue weighted by molar-refractivity contribution is 4.75. The third-order valence-corrected chi connectivity index (χ3v) is 10.3. The van der Waals surface area contributed by atoms with E-state index in [2.05, 4.69) is 6.92 Å². The summed E-state index contributed by atoms with van der Waals surface area (Å²) in [5.41, 5.74) is 0. The molecule has 0 atom stereocenters. The molecule has 2 aliphatic rings. The van der Waals surface area contributed by atoms with E-state index < -0.39 is 0 Å². The maximum atomic E-state index is 6.15. The van der Waals surface area contributed by atoms with E-state index in [-0.39, 0.29) is 0 Å². The van der Waals surface area contributed by atoms with Crippen molar-refractivity contribution >= 4 is 0 Å². The molecule has 0 heterocycles. The lowest BCUT2D eigenvalue weighted by molar-refractivity contribution is -0.726. The summed E-state index contributed by atoms with van der Waals surface area (Å²) in [6.45, 7) is 3.30. The molecule has 0 N–H and O–H groups in total. The Balaban J connectivity index is 1.46. The molecule has 2 fully saturated rings. The van der Waals surface area contributed by atoms with Gasteiger partial charge in [0.1, 0.15) is 0 Å². The number of ether oxygens (including phenoxy) is 2. The summed E-state index contributed by atoms with van der Waals surface area (Å²) in [7, 11) is 1.88. The van der Waals surface area contributed by atoms with Gasteiger partial charge in [-0.1, -0.05) is 39.0 Å². The van der Waals surface area contributed by atoms with Gasteiger partial charge in [0.2, 0.25) is 0 Å². The molecule has 0 aromatic rings. The molecule has 0 amide bonds. The summed E-state index contributed by atoms with van der Waals surface area (Å²) in [4.78, 5) is 0. The van der Waals surface area contributed by atoms with Gasteiger partial charge in [0.25, 0.3) is 21.2 Å². The van der Waals surface area contributed by atoms with Gasteiger partial charge in [-0.2, -0.15) is 0 Å². The zero-order valence-corrected chi connectivity index (χ0v) is 18.3. The molecule has 24 heavy (non-hydrogen) atoms. The molecule has 142 valence electrons. The Labute approximate surface area is 161 Å². The highest BCUT2D eigenvalue weighted by Gasteiger charge is 2.37. The summed E-state index contributed by atoms with van der Waals surface area (Å²) in [5.74, 6) is 0. The second kappa shape index (κ2) is 12.9. The van der Waals surface area contributed by atoms with Crippen LogP contribution in [0.5, 0.6) is 0 Å². The Morgan fingerprint density at radius 1 is 0.708 bits per heavy atom. The van der Waals surface area contributed by atoms with Crippen LogP contribution in [-0.2, 0) is 9.47 Å². The highest BCUT2D eigenvalue weighted by Crippen LogP contribution is 2.21. The molecule has 0 aromatic heterocycles. The van der Waals surface area contributed by atoms with Crippen LogP contribution in [0.3, 0.4) is 0 Å². The highest BCUT2D eigenvalue weighted by atomic mass is 127. The third kappa shape index (κ3) is 8.35. The fourth-order valence-corrected chi connectivity index (χ4v) is 8.40. The van der Waals surface area contributed by atoms with E-state index in [1.54, 1.807) is 0 Å². The first-order valence-electron chi connectivity index (χ1n) is 10.6. The minimum atomic E-state index is 0.401. The predicted molar refractivity (Wildman–Crippen MR) is 98.4 cm³/mol. The van der Waals surface area contributed by atoms with E-state index >= 15 is 0 Å². The lowest BCUT2D eigenvalue weighted by Crippen LogP contribution is -3.68. The van der Waals surface area contributed by atoms with Gasteiger partial charge in [0, 0.05) is 13.7 Å². The van der Waals surface area contributed by atoms with E-state index in [1.807, 2.05) is 7.11 Å². The number of unbranched alkanes of at least 4 members (excludes halogenated alkanes) is 5. The van der Waals surface area contributed by atoms with Crippen LogP contribution in [-0.4, -0.2) is 33.8 Å². The topological polar surface area (TPSA) is 18.5 Å². The molecule has 0 saturated heterocycles. The van der Waals surface area contributed by atoms with Crippen molar-refractivity contribution in [3.05, 3.63) is 0 Å². The van der Waals surface area contributed by atoms with E-state index in [0.717, 1.165) is 14.5 Å². The van der Waals surface area contributed by atoms with Crippen LogP contribution >= 0.6 is 0 Å². The Hall–Kier alpha value is 0.650. The zero-order chi connectivity index (χ0) is 17.0. The Kier molecular flexibility index (Phi) is 11.3. The fraction of sp³-hybridized carbons (Fsp3) is 1.00. The normalized spacial score (nSPS) is 31.2. The number of halogens is 1. The first kappa shape index (κ1) is 21.0. The molecule has 2 nitrogen and oxygen atoms in total.